The number of ether oxygens (including phenoxy) is 3. The van der Waals surface area contributed by atoms with E-state index in [0.717, 1.165) is 5.56 Å². The van der Waals surface area contributed by atoms with E-state index in [2.05, 4.69) is 6.07 Å². The highest BCUT2D eigenvalue weighted by atomic mass is 19.1. The van der Waals surface area contributed by atoms with Crippen LogP contribution in [0, 0.1) is 17.1 Å². The molecule has 2 rings (SSSR count). The Morgan fingerprint density at radius 2 is 1.87 bits per heavy atom. The van der Waals surface area contributed by atoms with Crippen LogP contribution in [0.2, 0.25) is 0 Å². The molecule has 0 aliphatic heterocycles. The van der Waals surface area contributed by atoms with Gasteiger partial charge in [0.2, 0.25) is 0 Å². The fourth-order valence-corrected chi connectivity index (χ4v) is 2.23. The Balaban J connectivity index is 2.01. The maximum Gasteiger partial charge on any atom is 0.161 e. The summed E-state index contributed by atoms with van der Waals surface area (Å²) in [4.78, 5) is 0. The lowest BCUT2D eigenvalue weighted by molar-refractivity contribution is 0.304. The molecule has 23 heavy (non-hydrogen) atoms. The van der Waals surface area contributed by atoms with Crippen molar-refractivity contribution in [1.82, 2.24) is 0 Å². The predicted molar refractivity (Wildman–Crippen MR) is 84.4 cm³/mol. The highest BCUT2D eigenvalue weighted by molar-refractivity contribution is 5.45. The smallest absolute Gasteiger partial charge is 0.161 e. The summed E-state index contributed by atoms with van der Waals surface area (Å²) in [6, 6.07) is 13.6. The van der Waals surface area contributed by atoms with E-state index in [-0.39, 0.29) is 11.7 Å². The Bertz CT molecular complexity index is 697. The van der Waals surface area contributed by atoms with Gasteiger partial charge in [-0.05, 0) is 29.8 Å². The third-order valence-electron chi connectivity index (χ3n) is 3.44. The van der Waals surface area contributed by atoms with E-state index in [0.29, 0.717) is 30.3 Å². The molecule has 1 unspecified atom stereocenters. The third-order valence-corrected chi connectivity index (χ3v) is 3.44. The van der Waals surface area contributed by atoms with E-state index in [1.807, 2.05) is 6.07 Å². The van der Waals surface area contributed by atoms with Crippen molar-refractivity contribution in [2.75, 3.05) is 20.8 Å². The highest BCUT2D eigenvalue weighted by Crippen LogP contribution is 2.31. The molecule has 0 radical (unpaired) electrons. The summed E-state index contributed by atoms with van der Waals surface area (Å²) >= 11 is 0. The minimum atomic E-state index is -0.348. The Kier molecular flexibility index (Phi) is 5.81. The monoisotopic (exact) mass is 315 g/mol. The molecule has 2 aromatic carbocycles. The quantitative estimate of drug-likeness (QED) is 0.777. The fourth-order valence-electron chi connectivity index (χ4n) is 2.23. The highest BCUT2D eigenvalue weighted by Gasteiger charge is 2.14. The Hall–Kier alpha value is -2.74. The van der Waals surface area contributed by atoms with Gasteiger partial charge in [-0.25, -0.2) is 4.39 Å². The lowest BCUT2D eigenvalue weighted by Gasteiger charge is -2.14. The van der Waals surface area contributed by atoms with Gasteiger partial charge in [0.15, 0.2) is 11.5 Å². The van der Waals surface area contributed by atoms with Gasteiger partial charge in [-0.1, -0.05) is 12.1 Å². The molecule has 0 saturated carbocycles. The molecule has 5 heteroatoms. The first-order chi connectivity index (χ1) is 11.2. The maximum absolute atomic E-state index is 13.1. The maximum atomic E-state index is 13.1. The van der Waals surface area contributed by atoms with Crippen LogP contribution in [-0.2, 0) is 0 Å². The third kappa shape index (κ3) is 4.36. The SMILES string of the molecule is COc1ccc(C(C#N)CCOc2cccc(F)c2)cc1OC. The molecule has 4 nitrogen and oxygen atoms in total. The van der Waals surface area contributed by atoms with Crippen molar-refractivity contribution in [1.29, 1.82) is 5.26 Å². The molecule has 1 atom stereocenters. The topological polar surface area (TPSA) is 51.5 Å². The van der Waals surface area contributed by atoms with E-state index in [9.17, 15) is 9.65 Å². The molecule has 0 saturated heterocycles. The molecule has 2 aromatic rings. The average Bonchev–Trinajstić information content (AvgIpc) is 2.58. The zero-order valence-electron chi connectivity index (χ0n) is 13.1. The second-order valence-corrected chi connectivity index (χ2v) is 4.89. The summed E-state index contributed by atoms with van der Waals surface area (Å²) in [6.45, 7) is 0.316. The minimum absolute atomic E-state index is 0.316. The summed E-state index contributed by atoms with van der Waals surface area (Å²) in [5.74, 6) is 0.955. The second-order valence-electron chi connectivity index (χ2n) is 4.89. The molecule has 0 aliphatic rings. The Morgan fingerprint density at radius 1 is 1.09 bits per heavy atom. The van der Waals surface area contributed by atoms with Gasteiger partial charge in [-0.2, -0.15) is 5.26 Å². The number of hydrogen-bond acceptors (Lipinski definition) is 4. The van der Waals surface area contributed by atoms with E-state index in [4.69, 9.17) is 14.2 Å². The van der Waals surface area contributed by atoms with E-state index >= 15 is 0 Å². The molecular formula is C18H18FNO3. The minimum Gasteiger partial charge on any atom is -0.493 e. The van der Waals surface area contributed by atoms with Gasteiger partial charge in [-0.3, -0.25) is 0 Å². The van der Waals surface area contributed by atoms with Crippen LogP contribution in [0.4, 0.5) is 4.39 Å². The van der Waals surface area contributed by atoms with Gasteiger partial charge < -0.3 is 14.2 Å². The molecule has 0 heterocycles. The Labute approximate surface area is 135 Å². The van der Waals surface area contributed by atoms with E-state index in [1.165, 1.54) is 12.1 Å². The van der Waals surface area contributed by atoms with E-state index in [1.54, 1.807) is 38.5 Å². The standard InChI is InChI=1S/C18H18FNO3/c1-21-17-7-6-13(10-18(17)22-2)14(12-20)8-9-23-16-5-3-4-15(19)11-16/h3-7,10-11,14H,8-9H2,1-2H3. The number of nitriles is 1. The van der Waals surface area contributed by atoms with Gasteiger partial charge in [-0.15, -0.1) is 0 Å². The van der Waals surface area contributed by atoms with Crippen LogP contribution in [-0.4, -0.2) is 20.8 Å². The molecule has 0 bridgehead atoms. The summed E-state index contributed by atoms with van der Waals surface area (Å²) in [7, 11) is 3.11. The molecule has 0 aromatic heterocycles. The van der Waals surface area contributed by atoms with Crippen molar-refractivity contribution < 1.29 is 18.6 Å². The number of benzene rings is 2. The average molecular weight is 315 g/mol. The van der Waals surface area contributed by atoms with Crippen LogP contribution in [0.25, 0.3) is 0 Å². The molecule has 0 fully saturated rings. The van der Waals surface area contributed by atoms with Crippen LogP contribution >= 0.6 is 0 Å². The summed E-state index contributed by atoms with van der Waals surface area (Å²) < 4.78 is 29.0. The largest absolute Gasteiger partial charge is 0.493 e. The van der Waals surface area contributed by atoms with Crippen LogP contribution in [0.1, 0.15) is 17.9 Å². The van der Waals surface area contributed by atoms with Crippen molar-refractivity contribution in [3.63, 3.8) is 0 Å². The normalized spacial score (nSPS) is 11.4. The number of rotatable bonds is 7. The number of nitrogens with zero attached hydrogens (tertiary/aromatic N) is 1. The van der Waals surface area contributed by atoms with Crippen LogP contribution < -0.4 is 14.2 Å². The lowest BCUT2D eigenvalue weighted by Crippen LogP contribution is -2.05. The molecule has 0 aliphatic carbocycles. The van der Waals surface area contributed by atoms with Crippen molar-refractivity contribution in [3.8, 4) is 23.3 Å². The van der Waals surface area contributed by atoms with E-state index < -0.39 is 0 Å². The molecular weight excluding hydrogens is 297 g/mol. The lowest BCUT2D eigenvalue weighted by atomic mass is 9.97. The second kappa shape index (κ2) is 8.04. The summed E-state index contributed by atoms with van der Waals surface area (Å²) in [6.07, 6.45) is 0.489. The molecule has 120 valence electrons. The summed E-state index contributed by atoms with van der Waals surface area (Å²) in [5.41, 5.74) is 0.827. The van der Waals surface area contributed by atoms with Gasteiger partial charge in [0.1, 0.15) is 11.6 Å². The van der Waals surface area contributed by atoms with Crippen LogP contribution in [0.15, 0.2) is 42.5 Å². The van der Waals surface area contributed by atoms with Crippen molar-refractivity contribution in [3.05, 3.63) is 53.8 Å². The molecule has 0 amide bonds. The van der Waals surface area contributed by atoms with Crippen molar-refractivity contribution >= 4 is 0 Å². The van der Waals surface area contributed by atoms with Crippen LogP contribution in [0.3, 0.4) is 0 Å². The Morgan fingerprint density at radius 3 is 2.52 bits per heavy atom. The zero-order chi connectivity index (χ0) is 16.7. The zero-order valence-corrected chi connectivity index (χ0v) is 13.1. The molecule has 0 spiro atoms. The van der Waals surface area contributed by atoms with Crippen molar-refractivity contribution in [2.24, 2.45) is 0 Å². The first-order valence-corrected chi connectivity index (χ1v) is 7.18. The van der Waals surface area contributed by atoms with Crippen LogP contribution in [0.5, 0.6) is 17.2 Å². The number of hydrogen-bond donors (Lipinski definition) is 0. The number of methoxy groups -OCH3 is 2. The van der Waals surface area contributed by atoms with Gasteiger partial charge in [0.25, 0.3) is 0 Å². The van der Waals surface area contributed by atoms with Gasteiger partial charge >= 0.3 is 0 Å². The fraction of sp³-hybridized carbons (Fsp3) is 0.278. The first-order valence-electron chi connectivity index (χ1n) is 7.18. The van der Waals surface area contributed by atoms with Crippen molar-refractivity contribution in [2.45, 2.75) is 12.3 Å². The summed E-state index contributed by atoms with van der Waals surface area (Å²) in [5, 5.41) is 9.37. The predicted octanol–water partition coefficient (Wildman–Crippen LogP) is 3.92. The van der Waals surface area contributed by atoms with Gasteiger partial charge in [0, 0.05) is 12.5 Å². The van der Waals surface area contributed by atoms with Gasteiger partial charge in [0.05, 0.1) is 32.8 Å². The first kappa shape index (κ1) is 16.6. The number of halogens is 1. The molecule has 0 N–H and O–H groups in total.